The molecule has 0 saturated carbocycles. The van der Waals surface area contributed by atoms with Crippen molar-refractivity contribution in [1.29, 1.82) is 0 Å². The van der Waals surface area contributed by atoms with E-state index < -0.39 is 116 Å². The Bertz CT molecular complexity index is 1630. The summed E-state index contributed by atoms with van der Waals surface area (Å²) in [7, 11) is 0. The van der Waals surface area contributed by atoms with Gasteiger partial charge in [-0.1, -0.05) is 92.0 Å². The molecule has 2 aliphatic heterocycles. The maximum atomic E-state index is 13.8. The summed E-state index contributed by atoms with van der Waals surface area (Å²) in [5.41, 5.74) is 6.03. The molecule has 0 radical (unpaired) electrons. The molecule has 0 spiro atoms. The second-order valence-electron chi connectivity index (χ2n) is 17.7. The third kappa shape index (κ3) is 26.3. The van der Waals surface area contributed by atoms with E-state index in [0.29, 0.717) is 13.0 Å². The summed E-state index contributed by atoms with van der Waals surface area (Å²) >= 11 is 1.60. The van der Waals surface area contributed by atoms with Gasteiger partial charge in [0.1, 0.15) is 12.2 Å². The molecule has 69 heavy (non-hydrogen) atoms. The minimum atomic E-state index is -1.44. The molecule has 1 fully saturated rings. The van der Waals surface area contributed by atoms with E-state index in [-0.39, 0.29) is 70.5 Å². The minimum absolute atomic E-state index is 0.0434. The van der Waals surface area contributed by atoms with Crippen LogP contribution in [-0.2, 0) is 28.5 Å². The summed E-state index contributed by atoms with van der Waals surface area (Å²) in [5, 5.41) is 109. The molecule has 2 rings (SSSR count). The third-order valence-corrected chi connectivity index (χ3v) is 12.3. The Kier molecular flexibility index (Phi) is 32.3. The van der Waals surface area contributed by atoms with Crippen molar-refractivity contribution in [2.75, 3.05) is 38.4 Å². The molecule has 0 aliphatic carbocycles. The summed E-state index contributed by atoms with van der Waals surface area (Å²) < 4.78 is 23.5. The Hall–Kier alpha value is -3.09. The maximum absolute atomic E-state index is 13.8. The molecule has 2 heterocycles. The number of ether oxygens (including phenoxy) is 4. The van der Waals surface area contributed by atoms with Gasteiger partial charge in [0.2, 0.25) is 5.91 Å². The van der Waals surface area contributed by atoms with Crippen molar-refractivity contribution in [3.05, 3.63) is 85.1 Å². The number of nitrogens with two attached hydrogens (primary N) is 1. The van der Waals surface area contributed by atoms with Crippen LogP contribution in [-0.4, -0.2) is 187 Å². The van der Waals surface area contributed by atoms with Crippen molar-refractivity contribution in [3.63, 3.8) is 0 Å². The third-order valence-electron chi connectivity index (χ3n) is 11.6. The zero-order valence-electron chi connectivity index (χ0n) is 40.3. The fourth-order valence-electron chi connectivity index (χ4n) is 7.53. The van der Waals surface area contributed by atoms with Crippen molar-refractivity contribution < 1.29 is 79.6 Å². The highest BCUT2D eigenvalue weighted by Crippen LogP contribution is 2.26. The van der Waals surface area contributed by atoms with Gasteiger partial charge in [-0.15, -0.1) is 0 Å². The summed E-state index contributed by atoms with van der Waals surface area (Å²) in [6.07, 6.45) is 11.0. The summed E-state index contributed by atoms with van der Waals surface area (Å²) in [6, 6.07) is -1.09. The average molecular weight is 999 g/mol. The second-order valence-corrected chi connectivity index (χ2v) is 18.7. The van der Waals surface area contributed by atoms with E-state index in [9.17, 15) is 60.7 Å². The first-order chi connectivity index (χ1) is 33.0. The van der Waals surface area contributed by atoms with Crippen molar-refractivity contribution in [2.45, 2.75) is 164 Å². The number of hydrogen-bond donors (Lipinski definition) is 12. The quantitative estimate of drug-likeness (QED) is 0.102. The molecule has 1 amide bonds. The molecule has 0 aromatic heterocycles. The van der Waals surface area contributed by atoms with Crippen LogP contribution in [0.15, 0.2) is 85.1 Å². The van der Waals surface area contributed by atoms with Crippen molar-refractivity contribution in [1.82, 2.24) is 5.32 Å². The first-order valence-electron chi connectivity index (χ1n) is 24.0. The monoisotopic (exact) mass is 999 g/mol. The molecule has 2 aliphatic rings. The number of carbonyl (C=O) groups is 2. The topological polar surface area (TPSA) is 311 Å². The van der Waals surface area contributed by atoms with Crippen LogP contribution < -0.4 is 11.1 Å². The van der Waals surface area contributed by atoms with Crippen molar-refractivity contribution in [3.8, 4) is 0 Å². The molecular weight excluding hydrogens is 917 g/mol. The molecule has 6 unspecified atom stereocenters. The number of rotatable bonds is 11. The van der Waals surface area contributed by atoms with Gasteiger partial charge in [-0.25, -0.2) is 0 Å². The van der Waals surface area contributed by atoms with Gasteiger partial charge in [0.15, 0.2) is 6.29 Å². The number of esters is 1. The van der Waals surface area contributed by atoms with E-state index in [1.54, 1.807) is 61.2 Å². The lowest BCUT2D eigenvalue weighted by atomic mass is 9.89. The number of amides is 1. The number of thioether (sulfide) groups is 1. The van der Waals surface area contributed by atoms with Gasteiger partial charge < -0.3 is 81.1 Å². The highest BCUT2D eigenvalue weighted by Gasteiger charge is 2.41. The van der Waals surface area contributed by atoms with E-state index in [2.05, 4.69) is 5.32 Å². The normalized spacial score (nSPS) is 37.2. The van der Waals surface area contributed by atoms with Gasteiger partial charge in [-0.2, -0.15) is 11.8 Å². The first-order valence-corrected chi connectivity index (χ1v) is 25.4. The van der Waals surface area contributed by atoms with E-state index in [4.69, 9.17) is 24.7 Å². The van der Waals surface area contributed by atoms with Gasteiger partial charge in [0.25, 0.3) is 0 Å². The number of hydrogen-bond acceptors (Lipinski definition) is 18. The summed E-state index contributed by atoms with van der Waals surface area (Å²) in [4.78, 5) is 26.4. The Morgan fingerprint density at radius 1 is 0.768 bits per heavy atom. The van der Waals surface area contributed by atoms with Crippen molar-refractivity contribution >= 4 is 23.6 Å². The number of nitrogens with one attached hydrogen (secondary N) is 1. The lowest BCUT2D eigenvalue weighted by molar-refractivity contribution is -0.255. The number of cyclic esters (lactones) is 1. The minimum Gasteiger partial charge on any atom is -0.462 e. The van der Waals surface area contributed by atoms with Gasteiger partial charge in [0, 0.05) is 44.9 Å². The SMILES string of the molecule is CSCCCNC(=O)[C@@H]([C@@H]1CC(O[C@@H]2OC[C@@H](O)[C@H](N)[C@@H]2O)/C=C/C=C/C=C/C=C/C=C/C=C/C=C/[C@H](C)[C@@H](O)C[C@H](C)OC(=O)CC(O)CC(O)CCC(O)C(O)CC(O)CCO1)[C@@H](O)CCO. The molecule has 0 bridgehead atoms. The molecule has 13 N–H and O–H groups in total. The van der Waals surface area contributed by atoms with E-state index >= 15 is 0 Å². The zero-order valence-corrected chi connectivity index (χ0v) is 41.2. The lowest BCUT2D eigenvalue weighted by Crippen LogP contribution is -2.58. The molecule has 394 valence electrons. The second kappa shape index (κ2) is 35.9. The highest BCUT2D eigenvalue weighted by molar-refractivity contribution is 7.98. The Morgan fingerprint density at radius 2 is 1.38 bits per heavy atom. The Morgan fingerprint density at radius 3 is 2.00 bits per heavy atom. The molecule has 1 saturated heterocycles. The van der Waals surface area contributed by atoms with Crippen LogP contribution in [0.1, 0.15) is 78.1 Å². The summed E-state index contributed by atoms with van der Waals surface area (Å²) in [6.45, 7) is 2.90. The van der Waals surface area contributed by atoms with Crippen molar-refractivity contribution in [2.24, 2.45) is 17.6 Å². The largest absolute Gasteiger partial charge is 0.462 e. The standard InChI is InChI=1S/C50H82N2O16S/c1-33-17-14-12-10-8-6-4-5-7-9-11-13-15-18-38(68-50-48(63)47(51)43(61)32-66-50)31-44(46(40(58)21-24-53)49(64)52-23-16-26-69-3)65-25-22-36(55)29-42(60)39(57)20-19-35(54)28-37(56)30-45(62)67-34(2)27-41(33)59/h4-15,17-18,33-44,46-48,50,53-61,63H,16,19-32,51H2,1-3H3,(H,52,64)/b5-4+,8-6+,9-7+,12-10+,13-11+,17-14+,18-15+/t33-,34-,35?,36?,37?,38?,39?,40-,41-,42?,43+,44-,46+,47-,48-,50-/m0/s1. The molecule has 0 aromatic carbocycles. The van der Waals surface area contributed by atoms with Gasteiger partial charge in [-0.3, -0.25) is 9.59 Å². The fraction of sp³-hybridized carbons (Fsp3) is 0.680. The smallest absolute Gasteiger partial charge is 0.308 e. The van der Waals surface area contributed by atoms with Crippen LogP contribution in [0.3, 0.4) is 0 Å². The predicted molar refractivity (Wildman–Crippen MR) is 263 cm³/mol. The molecule has 18 nitrogen and oxygen atoms in total. The summed E-state index contributed by atoms with van der Waals surface area (Å²) in [5.74, 6) is -2.00. The van der Waals surface area contributed by atoms with Crippen LogP contribution in [0.2, 0.25) is 0 Å². The van der Waals surface area contributed by atoms with Gasteiger partial charge >= 0.3 is 5.97 Å². The highest BCUT2D eigenvalue weighted by atomic mass is 32.2. The Labute approximate surface area is 412 Å². The first kappa shape index (κ1) is 62.0. The van der Waals surface area contributed by atoms with Crippen LogP contribution in [0.4, 0.5) is 0 Å². The average Bonchev–Trinajstić information content (AvgIpc) is 3.29. The Balaban J connectivity index is 2.44. The van der Waals surface area contributed by atoms with Crippen LogP contribution in [0.5, 0.6) is 0 Å². The molecule has 16 atom stereocenters. The molecule has 0 aromatic rings. The van der Waals surface area contributed by atoms with Gasteiger partial charge in [-0.05, 0) is 57.5 Å². The predicted octanol–water partition coefficient (Wildman–Crippen LogP) is 1.15. The van der Waals surface area contributed by atoms with Crippen LogP contribution >= 0.6 is 11.8 Å². The van der Waals surface area contributed by atoms with Crippen LogP contribution in [0.25, 0.3) is 0 Å². The van der Waals surface area contributed by atoms with Gasteiger partial charge in [0.05, 0.1) is 86.0 Å². The lowest BCUT2D eigenvalue weighted by Gasteiger charge is -2.38. The number of aliphatic hydroxyl groups is 10. The zero-order chi connectivity index (χ0) is 51.1. The molecular formula is C50H82N2O16S. The number of carbonyl (C=O) groups excluding carboxylic acids is 2. The number of aliphatic hydroxyl groups excluding tert-OH is 10. The number of allylic oxidation sites excluding steroid dienone is 12. The van der Waals surface area contributed by atoms with Crippen LogP contribution in [0, 0.1) is 11.8 Å². The molecule has 19 heteroatoms. The van der Waals surface area contributed by atoms with E-state index in [1.165, 1.54) is 0 Å². The maximum Gasteiger partial charge on any atom is 0.308 e. The van der Waals surface area contributed by atoms with E-state index in [0.717, 1.165) is 5.75 Å². The van der Waals surface area contributed by atoms with E-state index in [1.807, 2.05) is 55.7 Å². The fourth-order valence-corrected chi connectivity index (χ4v) is 7.96.